The van der Waals surface area contributed by atoms with E-state index in [4.69, 9.17) is 5.73 Å². The molecule has 3 unspecified atom stereocenters. The number of rotatable bonds is 6. The number of hydrogen-bond acceptors (Lipinski definition) is 4. The van der Waals surface area contributed by atoms with E-state index in [9.17, 15) is 5.11 Å². The van der Waals surface area contributed by atoms with E-state index in [1.54, 1.807) is 0 Å². The lowest BCUT2D eigenvalue weighted by molar-refractivity contribution is 0.0538. The van der Waals surface area contributed by atoms with E-state index in [2.05, 4.69) is 30.8 Å². The van der Waals surface area contributed by atoms with Gasteiger partial charge in [-0.1, -0.05) is 13.3 Å². The van der Waals surface area contributed by atoms with Crippen molar-refractivity contribution in [3.63, 3.8) is 0 Å². The molecule has 1 fully saturated rings. The minimum absolute atomic E-state index is 0.0854. The number of aliphatic hydroxyl groups excluding tert-OH is 1. The van der Waals surface area contributed by atoms with Gasteiger partial charge in [0.1, 0.15) is 0 Å². The number of hydrogen-bond donors (Lipinski definition) is 2. The smallest absolute Gasteiger partial charge is 0.0601 e. The van der Waals surface area contributed by atoms with Crippen LogP contribution < -0.4 is 5.73 Å². The summed E-state index contributed by atoms with van der Waals surface area (Å²) in [6.45, 7) is 4.58. The molecule has 1 aliphatic heterocycles. The standard InChI is InChI=1S/C13H29N3O/c1-4-6-12(14)13(10-17)16(3)11-7-5-8-15(2)9-11/h11-13,17H,4-10,14H2,1-3H3. The van der Waals surface area contributed by atoms with E-state index < -0.39 is 0 Å². The minimum atomic E-state index is 0.0854. The zero-order valence-electron chi connectivity index (χ0n) is 11.6. The lowest BCUT2D eigenvalue weighted by atomic mass is 9.98. The third kappa shape index (κ3) is 4.21. The maximum atomic E-state index is 9.55. The Kier molecular flexibility index (Phi) is 6.41. The molecule has 0 radical (unpaired) electrons. The Bertz CT molecular complexity index is 213. The largest absolute Gasteiger partial charge is 0.395 e. The van der Waals surface area contributed by atoms with Gasteiger partial charge in [-0.15, -0.1) is 0 Å². The minimum Gasteiger partial charge on any atom is -0.395 e. The van der Waals surface area contributed by atoms with E-state index >= 15 is 0 Å². The molecule has 0 aromatic carbocycles. The molecular weight excluding hydrogens is 214 g/mol. The lowest BCUT2D eigenvalue weighted by Crippen LogP contribution is -2.55. The van der Waals surface area contributed by atoms with Crippen molar-refractivity contribution in [1.29, 1.82) is 0 Å². The molecule has 4 nitrogen and oxygen atoms in total. The predicted octanol–water partition coefficient (Wildman–Crippen LogP) is 0.501. The van der Waals surface area contributed by atoms with E-state index in [0.717, 1.165) is 19.4 Å². The van der Waals surface area contributed by atoms with Gasteiger partial charge in [0, 0.05) is 24.7 Å². The molecule has 0 bridgehead atoms. The Labute approximate surface area is 106 Å². The van der Waals surface area contributed by atoms with Gasteiger partial charge in [-0.05, 0) is 39.9 Å². The van der Waals surface area contributed by atoms with Crippen molar-refractivity contribution >= 4 is 0 Å². The highest BCUT2D eigenvalue weighted by Gasteiger charge is 2.29. The summed E-state index contributed by atoms with van der Waals surface area (Å²) >= 11 is 0. The Morgan fingerprint density at radius 2 is 2.24 bits per heavy atom. The van der Waals surface area contributed by atoms with Gasteiger partial charge in [-0.3, -0.25) is 4.90 Å². The van der Waals surface area contributed by atoms with E-state index in [1.807, 2.05) is 0 Å². The molecule has 0 spiro atoms. The highest BCUT2D eigenvalue weighted by Crippen LogP contribution is 2.17. The molecule has 3 atom stereocenters. The van der Waals surface area contributed by atoms with Crippen molar-refractivity contribution in [3.05, 3.63) is 0 Å². The first-order chi connectivity index (χ1) is 8.10. The maximum absolute atomic E-state index is 9.55. The number of aliphatic hydroxyl groups is 1. The van der Waals surface area contributed by atoms with Crippen LogP contribution >= 0.6 is 0 Å². The van der Waals surface area contributed by atoms with Crippen LogP contribution in [-0.4, -0.2) is 66.8 Å². The van der Waals surface area contributed by atoms with Gasteiger partial charge in [-0.2, -0.15) is 0 Å². The van der Waals surface area contributed by atoms with Crippen LogP contribution in [0.15, 0.2) is 0 Å². The lowest BCUT2D eigenvalue weighted by Gasteiger charge is -2.41. The van der Waals surface area contributed by atoms with E-state index in [-0.39, 0.29) is 18.7 Å². The molecule has 1 aliphatic rings. The molecule has 1 saturated heterocycles. The van der Waals surface area contributed by atoms with Crippen LogP contribution in [0, 0.1) is 0 Å². The van der Waals surface area contributed by atoms with E-state index in [1.165, 1.54) is 19.4 Å². The Morgan fingerprint density at radius 1 is 1.53 bits per heavy atom. The first-order valence-electron chi connectivity index (χ1n) is 6.87. The van der Waals surface area contributed by atoms with Gasteiger partial charge in [-0.25, -0.2) is 0 Å². The van der Waals surface area contributed by atoms with Crippen LogP contribution in [0.25, 0.3) is 0 Å². The molecule has 0 aromatic rings. The van der Waals surface area contributed by atoms with Crippen molar-refractivity contribution in [2.24, 2.45) is 5.73 Å². The fraction of sp³-hybridized carbons (Fsp3) is 1.00. The molecular formula is C13H29N3O. The average Bonchev–Trinajstić information content (AvgIpc) is 2.30. The molecule has 0 saturated carbocycles. The monoisotopic (exact) mass is 243 g/mol. The average molecular weight is 243 g/mol. The summed E-state index contributed by atoms with van der Waals surface area (Å²) in [5, 5.41) is 9.55. The van der Waals surface area contributed by atoms with Crippen molar-refractivity contribution in [1.82, 2.24) is 9.80 Å². The van der Waals surface area contributed by atoms with Crippen LogP contribution in [-0.2, 0) is 0 Å². The molecule has 17 heavy (non-hydrogen) atoms. The summed E-state index contributed by atoms with van der Waals surface area (Å²) < 4.78 is 0. The van der Waals surface area contributed by atoms with Crippen molar-refractivity contribution in [2.45, 2.75) is 50.7 Å². The van der Waals surface area contributed by atoms with E-state index in [0.29, 0.717) is 6.04 Å². The van der Waals surface area contributed by atoms with Gasteiger partial charge < -0.3 is 15.7 Å². The zero-order chi connectivity index (χ0) is 12.8. The van der Waals surface area contributed by atoms with Gasteiger partial charge >= 0.3 is 0 Å². The summed E-state index contributed by atoms with van der Waals surface area (Å²) in [6, 6.07) is 0.725. The van der Waals surface area contributed by atoms with Crippen LogP contribution in [0.3, 0.4) is 0 Å². The number of nitrogens with zero attached hydrogens (tertiary/aromatic N) is 2. The summed E-state index contributed by atoms with van der Waals surface area (Å²) in [7, 11) is 4.28. The number of nitrogens with two attached hydrogens (primary N) is 1. The van der Waals surface area contributed by atoms with Crippen molar-refractivity contribution < 1.29 is 5.11 Å². The van der Waals surface area contributed by atoms with Gasteiger partial charge in [0.2, 0.25) is 0 Å². The molecule has 0 aromatic heterocycles. The molecule has 4 heteroatoms. The quantitative estimate of drug-likeness (QED) is 0.713. The van der Waals surface area contributed by atoms with Crippen LogP contribution in [0.1, 0.15) is 32.6 Å². The number of piperidine rings is 1. The molecule has 0 aliphatic carbocycles. The fourth-order valence-electron chi connectivity index (χ4n) is 2.83. The highest BCUT2D eigenvalue weighted by atomic mass is 16.3. The van der Waals surface area contributed by atoms with Gasteiger partial charge in [0.15, 0.2) is 0 Å². The van der Waals surface area contributed by atoms with Crippen molar-refractivity contribution in [3.8, 4) is 0 Å². The molecule has 102 valence electrons. The normalized spacial score (nSPS) is 26.1. The Morgan fingerprint density at radius 3 is 2.76 bits per heavy atom. The molecule has 1 heterocycles. The summed E-state index contributed by atoms with van der Waals surface area (Å²) in [5.41, 5.74) is 6.17. The second-order valence-electron chi connectivity index (χ2n) is 5.43. The maximum Gasteiger partial charge on any atom is 0.0601 e. The zero-order valence-corrected chi connectivity index (χ0v) is 11.6. The van der Waals surface area contributed by atoms with Crippen LogP contribution in [0.5, 0.6) is 0 Å². The third-order valence-corrected chi connectivity index (χ3v) is 4.00. The Hall–Kier alpha value is -0.160. The first kappa shape index (κ1) is 14.9. The Balaban J connectivity index is 2.54. The summed E-state index contributed by atoms with van der Waals surface area (Å²) in [5.74, 6) is 0. The SMILES string of the molecule is CCCC(N)C(CO)N(C)C1CCCN(C)C1. The van der Waals surface area contributed by atoms with Gasteiger partial charge in [0.25, 0.3) is 0 Å². The topological polar surface area (TPSA) is 52.7 Å². The highest BCUT2D eigenvalue weighted by molar-refractivity contribution is 4.86. The number of likely N-dealkylation sites (N-methyl/N-ethyl adjacent to an activating group) is 2. The van der Waals surface area contributed by atoms with Crippen LogP contribution in [0.4, 0.5) is 0 Å². The second-order valence-corrected chi connectivity index (χ2v) is 5.43. The second kappa shape index (κ2) is 7.31. The summed E-state index contributed by atoms with van der Waals surface area (Å²) in [6.07, 6.45) is 4.52. The third-order valence-electron chi connectivity index (χ3n) is 4.00. The molecule has 3 N–H and O–H groups in total. The number of likely N-dealkylation sites (tertiary alicyclic amines) is 1. The molecule has 0 amide bonds. The van der Waals surface area contributed by atoms with Crippen LogP contribution in [0.2, 0.25) is 0 Å². The van der Waals surface area contributed by atoms with Crippen molar-refractivity contribution in [2.75, 3.05) is 33.8 Å². The molecule has 1 rings (SSSR count). The first-order valence-corrected chi connectivity index (χ1v) is 6.87. The van der Waals surface area contributed by atoms with Gasteiger partial charge in [0.05, 0.1) is 6.61 Å². The predicted molar refractivity (Wildman–Crippen MR) is 72.0 cm³/mol. The fourth-order valence-corrected chi connectivity index (χ4v) is 2.83. The summed E-state index contributed by atoms with van der Waals surface area (Å²) in [4.78, 5) is 4.67.